The van der Waals surface area contributed by atoms with Gasteiger partial charge in [0.25, 0.3) is 0 Å². The summed E-state index contributed by atoms with van der Waals surface area (Å²) >= 11 is 0. The first-order valence-corrected chi connectivity index (χ1v) is 6.07. The van der Waals surface area contributed by atoms with Gasteiger partial charge in [0.1, 0.15) is 5.82 Å². The summed E-state index contributed by atoms with van der Waals surface area (Å²) in [7, 11) is 2.02. The first kappa shape index (κ1) is 13.2. The minimum atomic E-state index is 0.240. The van der Waals surface area contributed by atoms with E-state index in [0.29, 0.717) is 0 Å². The number of aryl methyl sites for hydroxylation is 1. The van der Waals surface area contributed by atoms with Gasteiger partial charge in [-0.1, -0.05) is 13.3 Å². The van der Waals surface area contributed by atoms with Crippen LogP contribution in [0.4, 0.5) is 0 Å². The van der Waals surface area contributed by atoms with Crippen LogP contribution in [0.15, 0.2) is 12.4 Å². The van der Waals surface area contributed by atoms with Gasteiger partial charge in [-0.2, -0.15) is 0 Å². The Kier molecular flexibility index (Phi) is 6.11. The second kappa shape index (κ2) is 7.41. The van der Waals surface area contributed by atoms with Crippen molar-refractivity contribution in [1.29, 1.82) is 0 Å². The van der Waals surface area contributed by atoms with Gasteiger partial charge in [-0.25, -0.2) is 4.98 Å². The molecule has 0 radical (unpaired) electrons. The highest BCUT2D eigenvalue weighted by Crippen LogP contribution is 2.00. The Morgan fingerprint density at radius 3 is 2.75 bits per heavy atom. The Morgan fingerprint density at radius 1 is 1.38 bits per heavy atom. The van der Waals surface area contributed by atoms with Crippen molar-refractivity contribution >= 4 is 0 Å². The predicted molar refractivity (Wildman–Crippen MR) is 65.3 cm³/mol. The zero-order valence-electron chi connectivity index (χ0n) is 10.4. The molecule has 4 heteroatoms. The molecule has 92 valence electrons. The number of unbranched alkanes of at least 4 members (excludes halogenated alkanes) is 1. The van der Waals surface area contributed by atoms with E-state index < -0.39 is 0 Å². The maximum Gasteiger partial charge on any atom is 0.109 e. The third-order valence-electron chi connectivity index (χ3n) is 2.82. The minimum absolute atomic E-state index is 0.240. The second-order valence-electron chi connectivity index (χ2n) is 4.12. The minimum Gasteiger partial charge on any atom is -0.395 e. The van der Waals surface area contributed by atoms with E-state index in [0.717, 1.165) is 31.9 Å². The van der Waals surface area contributed by atoms with Crippen molar-refractivity contribution in [3.63, 3.8) is 0 Å². The molecule has 0 fully saturated rings. The summed E-state index contributed by atoms with van der Waals surface area (Å²) < 4.78 is 2.05. The Bertz CT molecular complexity index is 286. The van der Waals surface area contributed by atoms with Crippen molar-refractivity contribution < 1.29 is 5.11 Å². The molecule has 16 heavy (non-hydrogen) atoms. The van der Waals surface area contributed by atoms with Crippen molar-refractivity contribution in [2.75, 3.05) is 26.2 Å². The number of rotatable bonds is 8. The third-order valence-corrected chi connectivity index (χ3v) is 2.82. The van der Waals surface area contributed by atoms with Gasteiger partial charge < -0.3 is 14.6 Å². The molecule has 4 nitrogen and oxygen atoms in total. The van der Waals surface area contributed by atoms with Gasteiger partial charge >= 0.3 is 0 Å². The standard InChI is InChI=1S/C12H23N3O/c1-3-4-7-15(10-11-16)8-5-12-13-6-9-14(12)2/h6,9,16H,3-5,7-8,10-11H2,1-2H3. The topological polar surface area (TPSA) is 41.3 Å². The van der Waals surface area contributed by atoms with Crippen molar-refractivity contribution in [3.05, 3.63) is 18.2 Å². The first-order valence-electron chi connectivity index (χ1n) is 6.07. The van der Waals surface area contributed by atoms with E-state index in [1.807, 2.05) is 19.4 Å². The van der Waals surface area contributed by atoms with Crippen LogP contribution in [0.25, 0.3) is 0 Å². The predicted octanol–water partition coefficient (Wildman–Crippen LogP) is 1.06. The lowest BCUT2D eigenvalue weighted by Gasteiger charge is -2.20. The highest BCUT2D eigenvalue weighted by molar-refractivity contribution is 4.91. The summed E-state index contributed by atoms with van der Waals surface area (Å²) in [5.74, 6) is 1.11. The van der Waals surface area contributed by atoms with Crippen molar-refractivity contribution in [2.24, 2.45) is 7.05 Å². The van der Waals surface area contributed by atoms with E-state index >= 15 is 0 Å². The molecular formula is C12H23N3O. The number of nitrogens with zero attached hydrogens (tertiary/aromatic N) is 3. The first-order chi connectivity index (χ1) is 7.77. The zero-order chi connectivity index (χ0) is 11.8. The SMILES string of the molecule is CCCCN(CCO)CCc1nccn1C. The van der Waals surface area contributed by atoms with E-state index in [-0.39, 0.29) is 6.61 Å². The molecule has 0 saturated carbocycles. The van der Waals surface area contributed by atoms with E-state index in [2.05, 4.69) is 21.4 Å². The zero-order valence-corrected chi connectivity index (χ0v) is 10.4. The Labute approximate surface area is 97.9 Å². The van der Waals surface area contributed by atoms with Crippen LogP contribution < -0.4 is 0 Å². The maximum atomic E-state index is 8.99. The number of hydrogen-bond donors (Lipinski definition) is 1. The third kappa shape index (κ3) is 4.33. The average Bonchev–Trinajstić information content (AvgIpc) is 2.68. The highest BCUT2D eigenvalue weighted by atomic mass is 16.3. The molecule has 1 rings (SSSR count). The van der Waals surface area contributed by atoms with Crippen LogP contribution in [-0.2, 0) is 13.5 Å². The van der Waals surface area contributed by atoms with Gasteiger partial charge in [0.2, 0.25) is 0 Å². The lowest BCUT2D eigenvalue weighted by Crippen LogP contribution is -2.30. The van der Waals surface area contributed by atoms with Gasteiger partial charge in [-0.05, 0) is 13.0 Å². The highest BCUT2D eigenvalue weighted by Gasteiger charge is 2.06. The van der Waals surface area contributed by atoms with Gasteiger partial charge in [-0.15, -0.1) is 0 Å². The summed E-state index contributed by atoms with van der Waals surface area (Å²) in [5.41, 5.74) is 0. The van der Waals surface area contributed by atoms with Gasteiger partial charge in [-0.3, -0.25) is 0 Å². The summed E-state index contributed by atoms with van der Waals surface area (Å²) in [6.45, 7) is 5.25. The molecule has 0 amide bonds. The van der Waals surface area contributed by atoms with Crippen LogP contribution in [0.5, 0.6) is 0 Å². The van der Waals surface area contributed by atoms with Gasteiger partial charge in [0.15, 0.2) is 0 Å². The molecule has 1 aromatic heterocycles. The molecule has 0 saturated heterocycles. The largest absolute Gasteiger partial charge is 0.395 e. The lowest BCUT2D eigenvalue weighted by molar-refractivity contribution is 0.194. The monoisotopic (exact) mass is 225 g/mol. The molecular weight excluding hydrogens is 202 g/mol. The van der Waals surface area contributed by atoms with E-state index in [1.165, 1.54) is 12.8 Å². The van der Waals surface area contributed by atoms with Crippen LogP contribution >= 0.6 is 0 Å². The van der Waals surface area contributed by atoms with Crippen molar-refractivity contribution in [2.45, 2.75) is 26.2 Å². The number of imidazole rings is 1. The fraction of sp³-hybridized carbons (Fsp3) is 0.750. The molecule has 0 aromatic carbocycles. The molecule has 1 heterocycles. The average molecular weight is 225 g/mol. The summed E-state index contributed by atoms with van der Waals surface area (Å²) in [6, 6.07) is 0. The molecule has 0 aliphatic carbocycles. The van der Waals surface area contributed by atoms with E-state index in [4.69, 9.17) is 5.11 Å². The number of aliphatic hydroxyl groups excluding tert-OH is 1. The lowest BCUT2D eigenvalue weighted by atomic mass is 10.3. The van der Waals surface area contributed by atoms with Crippen molar-refractivity contribution in [1.82, 2.24) is 14.5 Å². The maximum absolute atomic E-state index is 8.99. The number of aliphatic hydroxyl groups is 1. The Morgan fingerprint density at radius 2 is 2.19 bits per heavy atom. The van der Waals surface area contributed by atoms with E-state index in [1.54, 1.807) is 0 Å². The van der Waals surface area contributed by atoms with Crippen LogP contribution in [0, 0.1) is 0 Å². The van der Waals surface area contributed by atoms with Gasteiger partial charge in [0.05, 0.1) is 6.61 Å². The Balaban J connectivity index is 2.34. The molecule has 0 atom stereocenters. The van der Waals surface area contributed by atoms with Crippen LogP contribution in [0.2, 0.25) is 0 Å². The number of hydrogen-bond acceptors (Lipinski definition) is 3. The van der Waals surface area contributed by atoms with Crippen LogP contribution in [0.1, 0.15) is 25.6 Å². The smallest absolute Gasteiger partial charge is 0.109 e. The summed E-state index contributed by atoms with van der Waals surface area (Å²) in [5, 5.41) is 8.99. The van der Waals surface area contributed by atoms with Crippen LogP contribution in [0.3, 0.4) is 0 Å². The molecule has 1 N–H and O–H groups in total. The normalized spacial score (nSPS) is 11.2. The molecule has 0 spiro atoms. The van der Waals surface area contributed by atoms with Gasteiger partial charge in [0, 0.05) is 39.0 Å². The molecule has 0 unspecified atom stereocenters. The van der Waals surface area contributed by atoms with Crippen molar-refractivity contribution in [3.8, 4) is 0 Å². The quantitative estimate of drug-likeness (QED) is 0.719. The molecule has 0 aliphatic rings. The fourth-order valence-corrected chi connectivity index (χ4v) is 1.75. The summed E-state index contributed by atoms with van der Waals surface area (Å²) in [6.07, 6.45) is 7.15. The molecule has 0 bridgehead atoms. The fourth-order valence-electron chi connectivity index (χ4n) is 1.75. The second-order valence-corrected chi connectivity index (χ2v) is 4.12. The molecule has 1 aromatic rings. The van der Waals surface area contributed by atoms with E-state index in [9.17, 15) is 0 Å². The Hall–Kier alpha value is -0.870. The summed E-state index contributed by atoms with van der Waals surface area (Å²) in [4.78, 5) is 6.61. The number of aromatic nitrogens is 2. The molecule has 0 aliphatic heterocycles. The van der Waals surface area contributed by atoms with Crippen LogP contribution in [-0.4, -0.2) is 45.8 Å².